The minimum atomic E-state index is 0.724. The maximum absolute atomic E-state index is 4.85. The van der Waals surface area contributed by atoms with E-state index in [0.29, 0.717) is 0 Å². The Balaban J connectivity index is 0.000000461. The summed E-state index contributed by atoms with van der Waals surface area (Å²) in [5.74, 6) is 0. The van der Waals surface area contributed by atoms with E-state index in [4.69, 9.17) is 4.74 Å². The average molecular weight is 156 g/mol. The highest BCUT2D eigenvalue weighted by atomic mass is 16.5. The molecule has 0 aromatic carbocycles. The first-order valence-corrected chi connectivity index (χ1v) is 3.90. The molecule has 0 aliphatic rings. The van der Waals surface area contributed by atoms with Crippen LogP contribution in [0.3, 0.4) is 0 Å². The molecule has 0 spiro atoms. The van der Waals surface area contributed by atoms with E-state index >= 15 is 0 Å². The summed E-state index contributed by atoms with van der Waals surface area (Å²) in [5.41, 5.74) is 0. The van der Waals surface area contributed by atoms with Gasteiger partial charge in [-0.15, -0.1) is 0 Å². The highest BCUT2D eigenvalue weighted by Crippen LogP contribution is 1.82. The Morgan fingerprint density at radius 3 is 2.64 bits per heavy atom. The Morgan fingerprint density at radius 1 is 1.45 bits per heavy atom. The quantitative estimate of drug-likeness (QED) is 0.664. The van der Waals surface area contributed by atoms with Crippen LogP contribution in [-0.2, 0) is 11.3 Å². The lowest BCUT2D eigenvalue weighted by Crippen LogP contribution is -2.03. The van der Waals surface area contributed by atoms with Crippen molar-refractivity contribution in [1.29, 1.82) is 0 Å². The molecule has 3 heteroatoms. The van der Waals surface area contributed by atoms with Crippen molar-refractivity contribution < 1.29 is 4.74 Å². The zero-order valence-corrected chi connectivity index (χ0v) is 7.45. The highest BCUT2D eigenvalue weighted by Gasteiger charge is 1.85. The minimum Gasteiger partial charge on any atom is -0.383 e. The van der Waals surface area contributed by atoms with E-state index < -0.39 is 0 Å². The van der Waals surface area contributed by atoms with E-state index in [0.717, 1.165) is 13.2 Å². The molecule has 1 aromatic heterocycles. The van der Waals surface area contributed by atoms with Crippen LogP contribution < -0.4 is 0 Å². The molecule has 3 nitrogen and oxygen atoms in total. The third-order valence-corrected chi connectivity index (χ3v) is 1.08. The van der Waals surface area contributed by atoms with Crippen LogP contribution in [0.5, 0.6) is 0 Å². The third-order valence-electron chi connectivity index (χ3n) is 1.08. The van der Waals surface area contributed by atoms with Gasteiger partial charge in [-0.3, -0.25) is 4.68 Å². The maximum Gasteiger partial charge on any atom is 0.0658 e. The van der Waals surface area contributed by atoms with Crippen molar-refractivity contribution in [1.82, 2.24) is 9.78 Å². The normalized spacial score (nSPS) is 8.64. The molecule has 0 radical (unpaired) electrons. The molecule has 0 saturated heterocycles. The fourth-order valence-electron chi connectivity index (χ4n) is 0.618. The number of hydrogen-bond donors (Lipinski definition) is 0. The van der Waals surface area contributed by atoms with Gasteiger partial charge in [0.05, 0.1) is 13.2 Å². The van der Waals surface area contributed by atoms with Gasteiger partial charge in [0.25, 0.3) is 0 Å². The number of methoxy groups -OCH3 is 1. The molecule has 0 unspecified atom stereocenters. The van der Waals surface area contributed by atoms with Gasteiger partial charge in [0, 0.05) is 19.5 Å². The number of hydrogen-bond acceptors (Lipinski definition) is 2. The van der Waals surface area contributed by atoms with Crippen molar-refractivity contribution in [3.8, 4) is 0 Å². The standard InChI is InChI=1S/C6H10N2O.C2H6/c1-9-6-5-8-4-2-3-7-8;1-2/h2-4H,5-6H2,1H3;1-2H3. The third kappa shape index (κ3) is 4.56. The van der Waals surface area contributed by atoms with Gasteiger partial charge in [0.1, 0.15) is 0 Å². The van der Waals surface area contributed by atoms with Crippen LogP contribution in [0.15, 0.2) is 18.5 Å². The molecule has 0 bridgehead atoms. The van der Waals surface area contributed by atoms with Crippen LogP contribution in [0.2, 0.25) is 0 Å². The van der Waals surface area contributed by atoms with E-state index in [9.17, 15) is 0 Å². The highest BCUT2D eigenvalue weighted by molar-refractivity contribution is 4.77. The summed E-state index contributed by atoms with van der Waals surface area (Å²) in [6, 6.07) is 1.90. The number of ether oxygens (including phenoxy) is 1. The summed E-state index contributed by atoms with van der Waals surface area (Å²) in [6.45, 7) is 5.56. The van der Waals surface area contributed by atoms with Crippen LogP contribution in [0.4, 0.5) is 0 Å². The Bertz CT molecular complexity index is 149. The second-order valence-corrected chi connectivity index (χ2v) is 1.76. The van der Waals surface area contributed by atoms with Crippen molar-refractivity contribution in [3.63, 3.8) is 0 Å². The summed E-state index contributed by atoms with van der Waals surface area (Å²) >= 11 is 0. The Labute approximate surface area is 68.0 Å². The summed E-state index contributed by atoms with van der Waals surface area (Å²) in [5, 5.41) is 3.99. The Kier molecular flexibility index (Phi) is 6.73. The first-order valence-electron chi connectivity index (χ1n) is 3.90. The molecule has 1 heterocycles. The molecule has 0 aliphatic heterocycles. The van der Waals surface area contributed by atoms with Crippen molar-refractivity contribution in [2.75, 3.05) is 13.7 Å². The lowest BCUT2D eigenvalue weighted by molar-refractivity contribution is 0.183. The second-order valence-electron chi connectivity index (χ2n) is 1.76. The van der Waals surface area contributed by atoms with Crippen molar-refractivity contribution in [2.24, 2.45) is 0 Å². The fraction of sp³-hybridized carbons (Fsp3) is 0.625. The van der Waals surface area contributed by atoms with Gasteiger partial charge >= 0.3 is 0 Å². The van der Waals surface area contributed by atoms with Crippen LogP contribution in [-0.4, -0.2) is 23.5 Å². The van der Waals surface area contributed by atoms with Gasteiger partial charge in [-0.2, -0.15) is 5.10 Å². The lowest BCUT2D eigenvalue weighted by atomic mass is 10.7. The van der Waals surface area contributed by atoms with Crippen molar-refractivity contribution in [3.05, 3.63) is 18.5 Å². The molecule has 0 N–H and O–H groups in total. The van der Waals surface area contributed by atoms with Crippen LogP contribution in [0, 0.1) is 0 Å². The van der Waals surface area contributed by atoms with Crippen LogP contribution >= 0.6 is 0 Å². The Morgan fingerprint density at radius 2 is 2.18 bits per heavy atom. The zero-order valence-electron chi connectivity index (χ0n) is 7.45. The lowest BCUT2D eigenvalue weighted by Gasteiger charge is -1.97. The first-order chi connectivity index (χ1) is 5.43. The zero-order chi connectivity index (χ0) is 8.53. The molecule has 0 amide bonds. The number of nitrogens with zero attached hydrogens (tertiary/aromatic N) is 2. The van der Waals surface area contributed by atoms with E-state index in [1.54, 1.807) is 13.3 Å². The molecule has 0 saturated carbocycles. The van der Waals surface area contributed by atoms with Crippen LogP contribution in [0.25, 0.3) is 0 Å². The van der Waals surface area contributed by atoms with E-state index in [-0.39, 0.29) is 0 Å². The van der Waals surface area contributed by atoms with E-state index in [2.05, 4.69) is 5.10 Å². The molecular formula is C8H16N2O. The summed E-state index contributed by atoms with van der Waals surface area (Å²) in [6.07, 6.45) is 3.68. The minimum absolute atomic E-state index is 0.724. The number of rotatable bonds is 3. The molecular weight excluding hydrogens is 140 g/mol. The summed E-state index contributed by atoms with van der Waals surface area (Å²) < 4.78 is 6.69. The molecule has 11 heavy (non-hydrogen) atoms. The topological polar surface area (TPSA) is 27.1 Å². The van der Waals surface area contributed by atoms with Crippen molar-refractivity contribution >= 4 is 0 Å². The predicted molar refractivity (Wildman–Crippen MR) is 45.5 cm³/mol. The number of aromatic nitrogens is 2. The first kappa shape index (κ1) is 10.2. The van der Waals surface area contributed by atoms with Crippen molar-refractivity contribution in [2.45, 2.75) is 20.4 Å². The Hall–Kier alpha value is -0.830. The van der Waals surface area contributed by atoms with Gasteiger partial charge in [-0.05, 0) is 6.07 Å². The van der Waals surface area contributed by atoms with Gasteiger partial charge in [0.15, 0.2) is 0 Å². The maximum atomic E-state index is 4.85. The van der Waals surface area contributed by atoms with Gasteiger partial charge in [-0.1, -0.05) is 13.8 Å². The second kappa shape index (κ2) is 7.28. The van der Waals surface area contributed by atoms with Gasteiger partial charge < -0.3 is 4.74 Å². The summed E-state index contributed by atoms with van der Waals surface area (Å²) in [7, 11) is 1.68. The monoisotopic (exact) mass is 156 g/mol. The van der Waals surface area contributed by atoms with Crippen LogP contribution in [0.1, 0.15) is 13.8 Å². The fourth-order valence-corrected chi connectivity index (χ4v) is 0.618. The molecule has 64 valence electrons. The SMILES string of the molecule is CC.COCCn1cccn1. The molecule has 1 aromatic rings. The average Bonchev–Trinajstić information content (AvgIpc) is 2.57. The van der Waals surface area contributed by atoms with Gasteiger partial charge in [-0.25, -0.2) is 0 Å². The van der Waals surface area contributed by atoms with Gasteiger partial charge in [0.2, 0.25) is 0 Å². The predicted octanol–water partition coefficient (Wildman–Crippen LogP) is 1.56. The van der Waals surface area contributed by atoms with E-state index in [1.165, 1.54) is 0 Å². The molecule has 0 fully saturated rings. The molecule has 1 rings (SSSR count). The largest absolute Gasteiger partial charge is 0.383 e. The molecule has 0 atom stereocenters. The molecule has 0 aliphatic carbocycles. The smallest absolute Gasteiger partial charge is 0.0658 e. The van der Waals surface area contributed by atoms with E-state index in [1.807, 2.05) is 30.8 Å². The summed E-state index contributed by atoms with van der Waals surface area (Å²) in [4.78, 5) is 0.